The van der Waals surface area contributed by atoms with Crippen LogP contribution in [0.5, 0.6) is 5.75 Å². The lowest BCUT2D eigenvalue weighted by molar-refractivity contribution is 0.304. The Labute approximate surface area is 207 Å². The smallest absolute Gasteiger partial charge is 0.261 e. The van der Waals surface area contributed by atoms with Crippen LogP contribution in [-0.2, 0) is 16.4 Å². The minimum atomic E-state index is -3.62. The summed E-state index contributed by atoms with van der Waals surface area (Å²) in [6.07, 6.45) is 14.9. The van der Waals surface area contributed by atoms with E-state index in [2.05, 4.69) is 24.3 Å². The predicted octanol–water partition coefficient (Wildman–Crippen LogP) is 7.65. The van der Waals surface area contributed by atoms with E-state index >= 15 is 0 Å². The van der Waals surface area contributed by atoms with Gasteiger partial charge in [-0.25, -0.2) is 8.42 Å². The van der Waals surface area contributed by atoms with Crippen LogP contribution in [0.1, 0.15) is 83.1 Å². The summed E-state index contributed by atoms with van der Waals surface area (Å²) in [6.45, 7) is 2.92. The van der Waals surface area contributed by atoms with Gasteiger partial charge in [0.15, 0.2) is 0 Å². The Morgan fingerprint density at radius 2 is 1.33 bits per heavy atom. The topological polar surface area (TPSA) is 55.4 Å². The first-order valence-electron chi connectivity index (χ1n) is 12.5. The van der Waals surface area contributed by atoms with Crippen LogP contribution in [0.4, 0.5) is 5.69 Å². The molecule has 2 rings (SSSR count). The number of benzene rings is 2. The number of ether oxygens (including phenoxy) is 1. The van der Waals surface area contributed by atoms with Gasteiger partial charge in [0.2, 0.25) is 0 Å². The molecule has 0 saturated heterocycles. The largest absolute Gasteiger partial charge is 0.494 e. The van der Waals surface area contributed by atoms with Crippen LogP contribution in [0, 0.1) is 0 Å². The molecule has 4 nitrogen and oxygen atoms in total. The average molecular weight is 492 g/mol. The number of hydrogen-bond donors (Lipinski definition) is 2. The van der Waals surface area contributed by atoms with Crippen LogP contribution in [0.3, 0.4) is 0 Å². The highest BCUT2D eigenvalue weighted by Crippen LogP contribution is 2.20. The molecular weight excluding hydrogens is 450 g/mol. The fourth-order valence-corrected chi connectivity index (χ4v) is 4.95. The highest BCUT2D eigenvalue weighted by Gasteiger charge is 2.14. The maximum Gasteiger partial charge on any atom is 0.261 e. The van der Waals surface area contributed by atoms with E-state index in [1.807, 2.05) is 12.1 Å². The maximum atomic E-state index is 12.7. The van der Waals surface area contributed by atoms with Crippen molar-refractivity contribution in [3.05, 3.63) is 54.1 Å². The Balaban J connectivity index is 1.67. The molecule has 2 aromatic carbocycles. The Morgan fingerprint density at radius 1 is 0.758 bits per heavy atom. The highest BCUT2D eigenvalue weighted by molar-refractivity contribution is 7.92. The van der Waals surface area contributed by atoms with Crippen LogP contribution in [0.2, 0.25) is 0 Å². The zero-order chi connectivity index (χ0) is 23.8. The molecule has 0 aliphatic carbocycles. The predicted molar refractivity (Wildman–Crippen MR) is 143 cm³/mol. The fraction of sp³-hybridized carbons (Fsp3) is 0.556. The number of rotatable bonds is 18. The molecule has 6 heteroatoms. The zero-order valence-corrected chi connectivity index (χ0v) is 21.8. The molecular formula is C27H41NO3S2. The Bertz CT molecular complexity index is 865. The SMILES string of the molecule is CCCCCCCCCCCCOc1ccc(S(=O)(=O)Nc2ccc(CCCS)cc2)cc1. The summed E-state index contributed by atoms with van der Waals surface area (Å²) in [4.78, 5) is 0.230. The quantitative estimate of drug-likeness (QED) is 0.166. The highest BCUT2D eigenvalue weighted by atomic mass is 32.2. The van der Waals surface area contributed by atoms with E-state index in [9.17, 15) is 8.42 Å². The second kappa shape index (κ2) is 16.0. The maximum absolute atomic E-state index is 12.7. The van der Waals surface area contributed by atoms with E-state index in [1.54, 1.807) is 36.4 Å². The molecule has 0 aromatic heterocycles. The lowest BCUT2D eigenvalue weighted by Crippen LogP contribution is -2.12. The molecule has 33 heavy (non-hydrogen) atoms. The van der Waals surface area contributed by atoms with Crippen LogP contribution < -0.4 is 9.46 Å². The molecule has 0 heterocycles. The number of aryl methyl sites for hydroxylation is 1. The van der Waals surface area contributed by atoms with Gasteiger partial charge in [0.25, 0.3) is 10.0 Å². The second-order valence-electron chi connectivity index (χ2n) is 8.63. The first-order valence-corrected chi connectivity index (χ1v) is 14.6. The summed E-state index contributed by atoms with van der Waals surface area (Å²) in [5.41, 5.74) is 1.74. The van der Waals surface area contributed by atoms with E-state index in [1.165, 1.54) is 63.4 Å². The van der Waals surface area contributed by atoms with E-state index in [4.69, 9.17) is 4.74 Å². The zero-order valence-electron chi connectivity index (χ0n) is 20.1. The van der Waals surface area contributed by atoms with Crippen LogP contribution in [0.15, 0.2) is 53.4 Å². The molecule has 0 spiro atoms. The van der Waals surface area contributed by atoms with Crippen molar-refractivity contribution in [1.82, 2.24) is 0 Å². The minimum absolute atomic E-state index is 0.230. The standard InChI is InChI=1S/C27H41NO3S2/c1-2-3-4-5-6-7-8-9-10-11-22-31-26-18-20-27(21-19-26)33(29,30)28-25-16-14-24(15-17-25)13-12-23-32/h14-21,28,32H,2-13,22-23H2,1H3. The van der Waals surface area contributed by atoms with E-state index in [0.717, 1.165) is 25.0 Å². The molecule has 2 aromatic rings. The van der Waals surface area contributed by atoms with Gasteiger partial charge in [0.05, 0.1) is 11.5 Å². The summed E-state index contributed by atoms with van der Waals surface area (Å²) in [5.74, 6) is 1.55. The second-order valence-corrected chi connectivity index (χ2v) is 10.8. The summed E-state index contributed by atoms with van der Waals surface area (Å²) in [7, 11) is -3.62. The van der Waals surface area contributed by atoms with Crippen molar-refractivity contribution in [3.63, 3.8) is 0 Å². The average Bonchev–Trinajstić information content (AvgIpc) is 2.82. The molecule has 184 valence electrons. The lowest BCUT2D eigenvalue weighted by Gasteiger charge is -2.10. The van der Waals surface area contributed by atoms with E-state index in [-0.39, 0.29) is 4.90 Å². The van der Waals surface area contributed by atoms with Gasteiger partial charge in [-0.1, -0.05) is 76.8 Å². The minimum Gasteiger partial charge on any atom is -0.494 e. The number of hydrogen-bond acceptors (Lipinski definition) is 4. The monoisotopic (exact) mass is 491 g/mol. The van der Waals surface area contributed by atoms with Crippen molar-refractivity contribution in [3.8, 4) is 5.75 Å². The molecule has 0 bridgehead atoms. The molecule has 0 aliphatic heterocycles. The first kappa shape index (κ1) is 27.6. The summed E-state index contributed by atoms with van der Waals surface area (Å²) >= 11 is 4.22. The number of anilines is 1. The van der Waals surface area contributed by atoms with Crippen LogP contribution >= 0.6 is 12.6 Å². The van der Waals surface area contributed by atoms with Crippen molar-refractivity contribution in [2.45, 2.75) is 88.9 Å². The van der Waals surface area contributed by atoms with Crippen molar-refractivity contribution in [1.29, 1.82) is 0 Å². The molecule has 0 aliphatic rings. The lowest BCUT2D eigenvalue weighted by atomic mass is 10.1. The van der Waals surface area contributed by atoms with Crippen molar-refractivity contribution >= 4 is 28.3 Å². The van der Waals surface area contributed by atoms with Gasteiger partial charge in [-0.15, -0.1) is 0 Å². The van der Waals surface area contributed by atoms with Gasteiger partial charge >= 0.3 is 0 Å². The molecule has 0 unspecified atom stereocenters. The molecule has 0 amide bonds. The third kappa shape index (κ3) is 11.3. The van der Waals surface area contributed by atoms with Gasteiger partial charge < -0.3 is 4.74 Å². The number of nitrogens with one attached hydrogen (secondary N) is 1. The van der Waals surface area contributed by atoms with Crippen LogP contribution in [0.25, 0.3) is 0 Å². The van der Waals surface area contributed by atoms with Gasteiger partial charge in [0.1, 0.15) is 5.75 Å². The Morgan fingerprint density at radius 3 is 1.91 bits per heavy atom. The molecule has 0 radical (unpaired) electrons. The number of unbranched alkanes of at least 4 members (excludes halogenated alkanes) is 9. The van der Waals surface area contributed by atoms with Crippen molar-refractivity contribution in [2.24, 2.45) is 0 Å². The van der Waals surface area contributed by atoms with Crippen molar-refractivity contribution in [2.75, 3.05) is 17.1 Å². The number of sulfonamides is 1. The van der Waals surface area contributed by atoms with Crippen molar-refractivity contribution < 1.29 is 13.2 Å². The third-order valence-electron chi connectivity index (χ3n) is 5.73. The van der Waals surface area contributed by atoms with Crippen LogP contribution in [-0.4, -0.2) is 20.8 Å². The van der Waals surface area contributed by atoms with E-state index in [0.29, 0.717) is 18.0 Å². The summed E-state index contributed by atoms with van der Waals surface area (Å²) in [5, 5.41) is 0. The first-order chi connectivity index (χ1) is 16.0. The summed E-state index contributed by atoms with van der Waals surface area (Å²) in [6, 6.07) is 14.1. The van der Waals surface area contributed by atoms with Gasteiger partial charge in [-0.05, 0) is 67.0 Å². The Kier molecular flexibility index (Phi) is 13.4. The van der Waals surface area contributed by atoms with E-state index < -0.39 is 10.0 Å². The van der Waals surface area contributed by atoms with Gasteiger partial charge in [0, 0.05) is 5.69 Å². The third-order valence-corrected chi connectivity index (χ3v) is 7.44. The van der Waals surface area contributed by atoms with Gasteiger partial charge in [-0.2, -0.15) is 12.6 Å². The normalized spacial score (nSPS) is 11.5. The molecule has 0 saturated carbocycles. The Hall–Kier alpha value is -1.66. The number of thiol groups is 1. The fourth-order valence-electron chi connectivity index (χ4n) is 3.73. The summed E-state index contributed by atoms with van der Waals surface area (Å²) < 4.78 is 33.8. The molecule has 1 N–H and O–H groups in total. The molecule has 0 fully saturated rings. The molecule has 0 atom stereocenters. The van der Waals surface area contributed by atoms with Gasteiger partial charge in [-0.3, -0.25) is 4.72 Å².